The molecule has 0 radical (unpaired) electrons. The summed E-state index contributed by atoms with van der Waals surface area (Å²) in [6.07, 6.45) is 0. The van der Waals surface area contributed by atoms with E-state index < -0.39 is 0 Å². The van der Waals surface area contributed by atoms with Gasteiger partial charge in [0, 0.05) is 0 Å². The molecule has 194 valence electrons. The lowest BCUT2D eigenvalue weighted by Crippen LogP contribution is -1.92. The van der Waals surface area contributed by atoms with Gasteiger partial charge in [-0.15, -0.1) is 0 Å². The van der Waals surface area contributed by atoms with Gasteiger partial charge in [-0.25, -0.2) is 0 Å². The second-order valence-electron chi connectivity index (χ2n) is 11.2. The molecule has 9 aromatic rings. The van der Waals surface area contributed by atoms with Crippen molar-refractivity contribution in [1.82, 2.24) is 0 Å². The van der Waals surface area contributed by atoms with Crippen molar-refractivity contribution in [2.45, 2.75) is 0 Å². The average molecular weight is 531 g/mol. The molecule has 9 aromatic carbocycles. The molecule has 0 amide bonds. The van der Waals surface area contributed by atoms with Crippen LogP contribution >= 0.6 is 0 Å². The van der Waals surface area contributed by atoms with Crippen molar-refractivity contribution >= 4 is 64.6 Å². The van der Waals surface area contributed by atoms with Gasteiger partial charge in [-0.2, -0.15) is 0 Å². The molecule has 0 spiro atoms. The summed E-state index contributed by atoms with van der Waals surface area (Å²) in [6.45, 7) is 0. The van der Waals surface area contributed by atoms with Crippen molar-refractivity contribution in [3.8, 4) is 22.3 Å². The normalized spacial score (nSPS) is 11.8. The summed E-state index contributed by atoms with van der Waals surface area (Å²) >= 11 is 0. The van der Waals surface area contributed by atoms with Crippen LogP contribution in [0, 0.1) is 0 Å². The van der Waals surface area contributed by atoms with Gasteiger partial charge in [0.15, 0.2) is 0 Å². The van der Waals surface area contributed by atoms with Gasteiger partial charge in [-0.1, -0.05) is 158 Å². The van der Waals surface area contributed by atoms with Crippen LogP contribution in [0.25, 0.3) is 86.9 Å². The molecule has 0 aliphatic heterocycles. The van der Waals surface area contributed by atoms with Crippen LogP contribution in [0.15, 0.2) is 158 Å². The summed E-state index contributed by atoms with van der Waals surface area (Å²) in [5.74, 6) is 0. The lowest BCUT2D eigenvalue weighted by atomic mass is 9.84. The first kappa shape index (κ1) is 23.3. The molecule has 9 rings (SSSR count). The fourth-order valence-electron chi connectivity index (χ4n) is 7.14. The molecule has 0 aromatic heterocycles. The number of fused-ring (bicyclic) bond motifs is 9. The van der Waals surface area contributed by atoms with Crippen LogP contribution in [0.2, 0.25) is 0 Å². The smallest absolute Gasteiger partial charge is 0.00201 e. The number of benzene rings is 9. The third-order valence-electron chi connectivity index (χ3n) is 9.06. The third kappa shape index (κ3) is 3.36. The van der Waals surface area contributed by atoms with Crippen LogP contribution in [-0.2, 0) is 0 Å². The van der Waals surface area contributed by atoms with Crippen molar-refractivity contribution in [3.05, 3.63) is 158 Å². The van der Waals surface area contributed by atoms with Gasteiger partial charge in [-0.05, 0) is 86.9 Å². The first-order valence-corrected chi connectivity index (χ1v) is 14.6. The van der Waals surface area contributed by atoms with E-state index in [1.807, 2.05) is 0 Å². The van der Waals surface area contributed by atoms with Gasteiger partial charge >= 0.3 is 0 Å². The Labute approximate surface area is 244 Å². The zero-order valence-electron chi connectivity index (χ0n) is 23.0. The Kier molecular flexibility index (Phi) is 5.00. The second kappa shape index (κ2) is 9.03. The molecule has 0 heteroatoms. The van der Waals surface area contributed by atoms with E-state index in [9.17, 15) is 0 Å². The Bertz CT molecular complexity index is 2510. The number of hydrogen-bond acceptors (Lipinski definition) is 0. The predicted molar refractivity (Wildman–Crippen MR) is 182 cm³/mol. The molecule has 0 saturated carbocycles. The van der Waals surface area contributed by atoms with Crippen molar-refractivity contribution in [1.29, 1.82) is 0 Å². The van der Waals surface area contributed by atoms with E-state index in [4.69, 9.17) is 0 Å². The van der Waals surface area contributed by atoms with E-state index in [2.05, 4.69) is 158 Å². The van der Waals surface area contributed by atoms with Crippen LogP contribution in [0.1, 0.15) is 0 Å². The van der Waals surface area contributed by atoms with E-state index in [1.54, 1.807) is 0 Å². The zero-order chi connectivity index (χ0) is 27.6. The minimum Gasteiger partial charge on any atom is -0.0616 e. The Balaban J connectivity index is 1.46. The van der Waals surface area contributed by atoms with Crippen molar-refractivity contribution in [3.63, 3.8) is 0 Å². The monoisotopic (exact) mass is 530 g/mol. The van der Waals surface area contributed by atoms with Gasteiger partial charge in [0.2, 0.25) is 0 Å². The highest BCUT2D eigenvalue weighted by molar-refractivity contribution is 6.23. The zero-order valence-corrected chi connectivity index (χ0v) is 23.0. The Hall–Kier alpha value is -5.46. The van der Waals surface area contributed by atoms with Gasteiger partial charge in [0.1, 0.15) is 0 Å². The minimum absolute atomic E-state index is 1.26. The van der Waals surface area contributed by atoms with Crippen LogP contribution in [0.4, 0.5) is 0 Å². The maximum Gasteiger partial charge on any atom is -0.00201 e. The number of rotatable bonds is 2. The molecule has 0 heterocycles. The van der Waals surface area contributed by atoms with Crippen LogP contribution in [0.5, 0.6) is 0 Å². The molecular formula is C42H26. The molecule has 0 atom stereocenters. The molecule has 42 heavy (non-hydrogen) atoms. The van der Waals surface area contributed by atoms with Crippen molar-refractivity contribution in [2.75, 3.05) is 0 Å². The summed E-state index contributed by atoms with van der Waals surface area (Å²) in [4.78, 5) is 0. The molecule has 0 saturated heterocycles. The average Bonchev–Trinajstić information content (AvgIpc) is 3.07. The highest BCUT2D eigenvalue weighted by Gasteiger charge is 2.18. The molecular weight excluding hydrogens is 504 g/mol. The van der Waals surface area contributed by atoms with E-state index >= 15 is 0 Å². The Morgan fingerprint density at radius 2 is 0.619 bits per heavy atom. The van der Waals surface area contributed by atoms with Crippen molar-refractivity contribution in [2.24, 2.45) is 0 Å². The van der Waals surface area contributed by atoms with E-state index in [0.29, 0.717) is 0 Å². The first-order chi connectivity index (χ1) is 20.8. The summed E-state index contributed by atoms with van der Waals surface area (Å²) in [5.41, 5.74) is 5.09. The molecule has 0 nitrogen and oxygen atoms in total. The SMILES string of the molecule is c1ccc2c(-c3ccc4c(ccc5c6ccccc6ccc45)c3-c3cccc4c3ccc3ccccc34)cccc2c1. The maximum absolute atomic E-state index is 2.36. The van der Waals surface area contributed by atoms with E-state index in [1.165, 1.54) is 86.9 Å². The minimum atomic E-state index is 1.26. The number of hydrogen-bond donors (Lipinski definition) is 0. The Morgan fingerprint density at radius 1 is 0.190 bits per heavy atom. The molecule has 0 N–H and O–H groups in total. The van der Waals surface area contributed by atoms with Gasteiger partial charge in [-0.3, -0.25) is 0 Å². The van der Waals surface area contributed by atoms with E-state index in [0.717, 1.165) is 0 Å². The van der Waals surface area contributed by atoms with Gasteiger partial charge < -0.3 is 0 Å². The molecule has 0 fully saturated rings. The largest absolute Gasteiger partial charge is 0.0616 e. The van der Waals surface area contributed by atoms with Crippen molar-refractivity contribution < 1.29 is 0 Å². The quantitative estimate of drug-likeness (QED) is 0.195. The molecule has 0 unspecified atom stereocenters. The summed E-state index contributed by atoms with van der Waals surface area (Å²) in [6, 6.07) is 58.2. The lowest BCUT2D eigenvalue weighted by molar-refractivity contribution is 1.66. The molecule has 0 bridgehead atoms. The predicted octanol–water partition coefficient (Wildman–Crippen LogP) is 11.9. The third-order valence-corrected chi connectivity index (χ3v) is 9.06. The Morgan fingerprint density at radius 3 is 1.38 bits per heavy atom. The van der Waals surface area contributed by atoms with Gasteiger partial charge in [0.25, 0.3) is 0 Å². The summed E-state index contributed by atoms with van der Waals surface area (Å²) in [5, 5.41) is 15.4. The molecule has 0 aliphatic rings. The highest BCUT2D eigenvalue weighted by atomic mass is 14.2. The van der Waals surface area contributed by atoms with Crippen LogP contribution in [0.3, 0.4) is 0 Å². The topological polar surface area (TPSA) is 0 Å². The molecule has 0 aliphatic carbocycles. The van der Waals surface area contributed by atoms with Crippen LogP contribution < -0.4 is 0 Å². The fraction of sp³-hybridized carbons (Fsp3) is 0. The fourth-order valence-corrected chi connectivity index (χ4v) is 7.14. The maximum atomic E-state index is 2.36. The first-order valence-electron chi connectivity index (χ1n) is 14.6. The second-order valence-corrected chi connectivity index (χ2v) is 11.2. The highest BCUT2D eigenvalue weighted by Crippen LogP contribution is 2.45. The standard InChI is InChI=1S/C42H26/c1-4-13-30-27(9-1)12-7-16-34(30)40-26-24-38-36-21-19-29-11-3-6-15-32(29)35(36)23-25-41(38)42(40)39-18-8-17-33-31-14-5-2-10-28(31)20-22-37(33)39/h1-26H. The lowest BCUT2D eigenvalue weighted by Gasteiger charge is -2.19. The summed E-state index contributed by atoms with van der Waals surface area (Å²) in [7, 11) is 0. The van der Waals surface area contributed by atoms with E-state index in [-0.39, 0.29) is 0 Å². The van der Waals surface area contributed by atoms with Crippen LogP contribution in [-0.4, -0.2) is 0 Å². The summed E-state index contributed by atoms with van der Waals surface area (Å²) < 4.78 is 0. The van der Waals surface area contributed by atoms with Gasteiger partial charge in [0.05, 0.1) is 0 Å².